The van der Waals surface area contributed by atoms with Gasteiger partial charge in [0.1, 0.15) is 11.4 Å². The van der Waals surface area contributed by atoms with Gasteiger partial charge in [-0.15, -0.1) is 22.7 Å². The number of ether oxygens (including phenoxy) is 1. The van der Waals surface area contributed by atoms with Gasteiger partial charge in [-0.25, -0.2) is 0 Å². The zero-order valence-corrected chi connectivity index (χ0v) is 15.7. The molecule has 0 N–H and O–H groups in total. The Morgan fingerprint density at radius 3 is 2.14 bits per heavy atom. The van der Waals surface area contributed by atoms with Crippen LogP contribution in [0.4, 0.5) is 0 Å². The van der Waals surface area contributed by atoms with Gasteiger partial charge in [0.25, 0.3) is 0 Å². The van der Waals surface area contributed by atoms with E-state index in [0.29, 0.717) is 11.8 Å². The van der Waals surface area contributed by atoms with E-state index in [-0.39, 0.29) is 5.60 Å². The van der Waals surface area contributed by atoms with Crippen LogP contribution in [-0.4, -0.2) is 0 Å². The first-order valence-electron chi connectivity index (χ1n) is 8.36. The summed E-state index contributed by atoms with van der Waals surface area (Å²) >= 11 is 3.68. The Bertz CT molecular complexity index is 609. The van der Waals surface area contributed by atoms with E-state index in [0.717, 1.165) is 18.6 Å². The maximum atomic E-state index is 6.66. The molecule has 0 unspecified atom stereocenters. The zero-order chi connectivity index (χ0) is 15.7. The summed E-state index contributed by atoms with van der Waals surface area (Å²) in [7, 11) is 0. The molecule has 2 aromatic heterocycles. The molecule has 1 nitrogen and oxygen atoms in total. The molecule has 0 aliphatic carbocycles. The highest BCUT2D eigenvalue weighted by Gasteiger charge is 2.41. The minimum Gasteiger partial charge on any atom is -0.481 e. The Labute approximate surface area is 142 Å². The maximum Gasteiger partial charge on any atom is 0.140 e. The highest BCUT2D eigenvalue weighted by Crippen LogP contribution is 2.53. The normalized spacial score (nSPS) is 15.7. The molecule has 3 heteroatoms. The van der Waals surface area contributed by atoms with Crippen molar-refractivity contribution in [2.24, 2.45) is 11.8 Å². The van der Waals surface area contributed by atoms with Crippen molar-refractivity contribution in [3.63, 3.8) is 0 Å². The van der Waals surface area contributed by atoms with Crippen LogP contribution < -0.4 is 4.74 Å². The molecule has 0 radical (unpaired) electrons. The third kappa shape index (κ3) is 2.98. The molecule has 2 aromatic rings. The average molecular weight is 335 g/mol. The molecule has 3 heterocycles. The van der Waals surface area contributed by atoms with E-state index < -0.39 is 0 Å². The largest absolute Gasteiger partial charge is 0.481 e. The molecule has 1 aliphatic rings. The average Bonchev–Trinajstić information content (AvgIpc) is 3.10. The molecule has 0 bridgehead atoms. The van der Waals surface area contributed by atoms with Gasteiger partial charge in [0.2, 0.25) is 0 Å². The second-order valence-corrected chi connectivity index (χ2v) is 9.07. The fourth-order valence-corrected chi connectivity index (χ4v) is 5.18. The summed E-state index contributed by atoms with van der Waals surface area (Å²) in [5, 5.41) is 4.40. The molecule has 120 valence electrons. The molecular formula is C19H26OS2. The van der Waals surface area contributed by atoms with E-state index in [1.165, 1.54) is 28.2 Å². The quantitative estimate of drug-likeness (QED) is 0.556. The van der Waals surface area contributed by atoms with Gasteiger partial charge in [-0.05, 0) is 60.4 Å². The van der Waals surface area contributed by atoms with Crippen LogP contribution in [0.25, 0.3) is 9.75 Å². The van der Waals surface area contributed by atoms with Crippen molar-refractivity contribution in [2.45, 2.75) is 59.0 Å². The van der Waals surface area contributed by atoms with Crippen molar-refractivity contribution < 1.29 is 4.74 Å². The number of hydrogen-bond acceptors (Lipinski definition) is 3. The Morgan fingerprint density at radius 1 is 0.909 bits per heavy atom. The topological polar surface area (TPSA) is 9.23 Å². The Kier molecular flexibility index (Phi) is 4.65. The van der Waals surface area contributed by atoms with Crippen molar-refractivity contribution in [1.29, 1.82) is 0 Å². The molecule has 0 spiro atoms. The molecular weight excluding hydrogens is 308 g/mol. The molecule has 0 amide bonds. The lowest BCUT2D eigenvalue weighted by Crippen LogP contribution is -2.36. The molecule has 0 aromatic carbocycles. The van der Waals surface area contributed by atoms with Crippen LogP contribution in [0, 0.1) is 11.8 Å². The maximum absolute atomic E-state index is 6.66. The monoisotopic (exact) mass is 334 g/mol. The van der Waals surface area contributed by atoms with Crippen molar-refractivity contribution >= 4 is 22.7 Å². The van der Waals surface area contributed by atoms with Crippen LogP contribution in [0.1, 0.15) is 58.9 Å². The van der Waals surface area contributed by atoms with E-state index in [1.54, 1.807) is 0 Å². The van der Waals surface area contributed by atoms with Crippen LogP contribution in [0.2, 0.25) is 0 Å². The number of rotatable bonds is 6. The van der Waals surface area contributed by atoms with Gasteiger partial charge in [-0.2, -0.15) is 0 Å². The minimum absolute atomic E-state index is 0.113. The molecule has 22 heavy (non-hydrogen) atoms. The van der Waals surface area contributed by atoms with Crippen molar-refractivity contribution in [1.82, 2.24) is 0 Å². The van der Waals surface area contributed by atoms with Gasteiger partial charge in [-0.3, -0.25) is 0 Å². The summed E-state index contributed by atoms with van der Waals surface area (Å²) in [5.74, 6) is 2.53. The fourth-order valence-electron chi connectivity index (χ4n) is 3.19. The number of thiophene rings is 2. The van der Waals surface area contributed by atoms with Crippen LogP contribution in [0.5, 0.6) is 5.75 Å². The first kappa shape index (κ1) is 16.1. The van der Waals surface area contributed by atoms with Crippen LogP contribution in [-0.2, 0) is 5.60 Å². The smallest absolute Gasteiger partial charge is 0.140 e. The summed E-state index contributed by atoms with van der Waals surface area (Å²) in [4.78, 5) is 2.78. The van der Waals surface area contributed by atoms with E-state index in [2.05, 4.69) is 50.6 Å². The highest BCUT2D eigenvalue weighted by molar-refractivity contribution is 7.20. The van der Waals surface area contributed by atoms with Crippen LogP contribution >= 0.6 is 22.7 Å². The predicted molar refractivity (Wildman–Crippen MR) is 98.1 cm³/mol. The first-order chi connectivity index (χ1) is 10.5. The van der Waals surface area contributed by atoms with Gasteiger partial charge < -0.3 is 4.74 Å². The fraction of sp³-hybridized carbons (Fsp3) is 0.579. The lowest BCUT2D eigenvalue weighted by Gasteiger charge is -2.39. The molecule has 0 saturated heterocycles. The second-order valence-electron chi connectivity index (χ2n) is 7.24. The molecule has 3 rings (SSSR count). The summed E-state index contributed by atoms with van der Waals surface area (Å²) < 4.78 is 6.66. The number of fused-ring (bicyclic) bond motifs is 3. The summed E-state index contributed by atoms with van der Waals surface area (Å²) in [6.45, 7) is 9.24. The Hall–Kier alpha value is -0.800. The molecule has 0 fully saturated rings. The number of hydrogen-bond donors (Lipinski definition) is 0. The van der Waals surface area contributed by atoms with Gasteiger partial charge in [-0.1, -0.05) is 27.7 Å². The first-order valence-corrected chi connectivity index (χ1v) is 10.1. The Morgan fingerprint density at radius 2 is 1.50 bits per heavy atom. The van der Waals surface area contributed by atoms with E-state index in [9.17, 15) is 0 Å². The van der Waals surface area contributed by atoms with Crippen LogP contribution in [0.3, 0.4) is 0 Å². The van der Waals surface area contributed by atoms with Crippen LogP contribution in [0.15, 0.2) is 22.9 Å². The van der Waals surface area contributed by atoms with E-state index in [4.69, 9.17) is 4.74 Å². The van der Waals surface area contributed by atoms with Crippen molar-refractivity contribution in [2.75, 3.05) is 0 Å². The third-order valence-electron chi connectivity index (χ3n) is 4.55. The summed E-state index contributed by atoms with van der Waals surface area (Å²) in [6.07, 6.45) is 4.67. The van der Waals surface area contributed by atoms with Gasteiger partial charge in [0, 0.05) is 5.56 Å². The lowest BCUT2D eigenvalue weighted by atomic mass is 9.80. The van der Waals surface area contributed by atoms with E-state index >= 15 is 0 Å². The standard InChI is InChI=1S/C19H26OS2/c1-13(2)5-9-19(10-6-14(3)4)15-7-11-21-17(15)18-16(20-19)8-12-22-18/h7-8,11-14H,5-6,9-10H2,1-4H3. The van der Waals surface area contributed by atoms with Crippen molar-refractivity contribution in [3.8, 4) is 15.5 Å². The molecule has 0 atom stereocenters. The summed E-state index contributed by atoms with van der Waals surface area (Å²) in [5.41, 5.74) is 1.33. The predicted octanol–water partition coefficient (Wildman–Crippen LogP) is 6.94. The second kappa shape index (κ2) is 6.37. The lowest BCUT2D eigenvalue weighted by molar-refractivity contribution is 0.0345. The molecule has 1 aliphatic heterocycles. The van der Waals surface area contributed by atoms with Gasteiger partial charge in [0.15, 0.2) is 0 Å². The highest BCUT2D eigenvalue weighted by atomic mass is 32.1. The Balaban J connectivity index is 1.99. The SMILES string of the molecule is CC(C)CCC1(CCC(C)C)Oc2ccsc2-c2sccc21. The third-order valence-corrected chi connectivity index (χ3v) is 6.52. The minimum atomic E-state index is -0.113. The molecule has 0 saturated carbocycles. The van der Waals surface area contributed by atoms with Gasteiger partial charge >= 0.3 is 0 Å². The van der Waals surface area contributed by atoms with Crippen molar-refractivity contribution in [3.05, 3.63) is 28.5 Å². The van der Waals surface area contributed by atoms with Gasteiger partial charge in [0.05, 0.1) is 9.75 Å². The van der Waals surface area contributed by atoms with E-state index in [1.807, 2.05) is 22.7 Å². The summed E-state index contributed by atoms with van der Waals surface area (Å²) in [6, 6.07) is 4.46. The zero-order valence-electron chi connectivity index (χ0n) is 14.0.